The summed E-state index contributed by atoms with van der Waals surface area (Å²) >= 11 is 0. The highest BCUT2D eigenvalue weighted by atomic mass is 16.5. The third-order valence-electron chi connectivity index (χ3n) is 3.20. The molecular formula is C12H17NO4. The Morgan fingerprint density at radius 1 is 1.65 bits per heavy atom. The summed E-state index contributed by atoms with van der Waals surface area (Å²) in [6, 6.07) is 1.47. The van der Waals surface area contributed by atoms with Gasteiger partial charge in [-0.05, 0) is 25.3 Å². The molecule has 0 spiro atoms. The van der Waals surface area contributed by atoms with Gasteiger partial charge in [0.15, 0.2) is 0 Å². The molecule has 1 aliphatic rings. The van der Waals surface area contributed by atoms with Crippen LogP contribution in [0.25, 0.3) is 0 Å². The van der Waals surface area contributed by atoms with Crippen molar-refractivity contribution in [3.8, 4) is 0 Å². The summed E-state index contributed by atoms with van der Waals surface area (Å²) in [5, 5.41) is 12.1. The van der Waals surface area contributed by atoms with Gasteiger partial charge in [-0.25, -0.2) is 4.79 Å². The average molecular weight is 239 g/mol. The Hall–Kier alpha value is -1.33. The van der Waals surface area contributed by atoms with Gasteiger partial charge < -0.3 is 19.6 Å². The minimum absolute atomic E-state index is 0.230. The van der Waals surface area contributed by atoms with Crippen LogP contribution >= 0.6 is 0 Å². The second-order valence-electron chi connectivity index (χ2n) is 4.32. The number of rotatable bonds is 5. The van der Waals surface area contributed by atoms with Crippen LogP contribution in [0.5, 0.6) is 0 Å². The molecule has 94 valence electrons. The first kappa shape index (κ1) is 12.1. The molecule has 5 nitrogen and oxygen atoms in total. The zero-order valence-corrected chi connectivity index (χ0v) is 9.81. The van der Waals surface area contributed by atoms with E-state index in [4.69, 9.17) is 14.3 Å². The summed E-state index contributed by atoms with van der Waals surface area (Å²) in [7, 11) is 0. The first-order valence-electron chi connectivity index (χ1n) is 5.80. The molecule has 2 rings (SSSR count). The van der Waals surface area contributed by atoms with Crippen LogP contribution in [0.1, 0.15) is 29.5 Å². The molecule has 0 saturated carbocycles. The number of hydrogen-bond acceptors (Lipinski definition) is 4. The Kier molecular flexibility index (Phi) is 3.81. The predicted molar refractivity (Wildman–Crippen MR) is 60.9 cm³/mol. The van der Waals surface area contributed by atoms with Gasteiger partial charge >= 0.3 is 5.97 Å². The number of carbonyl (C=O) groups is 1. The first-order chi connectivity index (χ1) is 8.18. The zero-order valence-electron chi connectivity index (χ0n) is 9.81. The molecule has 1 fully saturated rings. The number of ether oxygens (including phenoxy) is 1. The lowest BCUT2D eigenvalue weighted by Gasteiger charge is -2.14. The summed E-state index contributed by atoms with van der Waals surface area (Å²) in [6.45, 7) is 4.14. The molecular weight excluding hydrogens is 222 g/mol. The molecule has 2 unspecified atom stereocenters. The molecule has 0 aliphatic carbocycles. The molecule has 1 aliphatic heterocycles. The number of carboxylic acid groups (broad SMARTS) is 1. The number of nitrogens with one attached hydrogen (secondary N) is 1. The van der Waals surface area contributed by atoms with E-state index in [0.717, 1.165) is 19.6 Å². The third-order valence-corrected chi connectivity index (χ3v) is 3.20. The summed E-state index contributed by atoms with van der Waals surface area (Å²) in [4.78, 5) is 10.8. The van der Waals surface area contributed by atoms with Crippen LogP contribution in [0.15, 0.2) is 16.7 Å². The van der Waals surface area contributed by atoms with Crippen LogP contribution in [-0.2, 0) is 11.3 Å². The van der Waals surface area contributed by atoms with E-state index in [1.165, 1.54) is 12.3 Å². The summed E-state index contributed by atoms with van der Waals surface area (Å²) in [5.74, 6) is 0.0235. The fraction of sp³-hybridized carbons (Fsp3) is 0.583. The molecule has 17 heavy (non-hydrogen) atoms. The van der Waals surface area contributed by atoms with Gasteiger partial charge in [-0.15, -0.1) is 0 Å². The molecule has 2 atom stereocenters. The molecule has 1 aromatic rings. The second-order valence-corrected chi connectivity index (χ2v) is 4.32. The minimum atomic E-state index is -0.951. The van der Waals surface area contributed by atoms with Crippen molar-refractivity contribution in [3.63, 3.8) is 0 Å². The maximum atomic E-state index is 10.8. The lowest BCUT2D eigenvalue weighted by Crippen LogP contribution is -2.27. The predicted octanol–water partition coefficient (Wildman–Crippen LogP) is 1.49. The van der Waals surface area contributed by atoms with Crippen LogP contribution in [0.3, 0.4) is 0 Å². The van der Waals surface area contributed by atoms with Crippen molar-refractivity contribution in [1.82, 2.24) is 5.32 Å². The molecule has 1 saturated heterocycles. The molecule has 0 aromatic carbocycles. The van der Waals surface area contributed by atoms with E-state index in [1.54, 1.807) is 0 Å². The lowest BCUT2D eigenvalue weighted by atomic mass is 10.0. The maximum Gasteiger partial charge on any atom is 0.339 e. The zero-order chi connectivity index (χ0) is 12.3. The summed E-state index contributed by atoms with van der Waals surface area (Å²) in [6.07, 6.45) is 2.73. The molecule has 5 heteroatoms. The number of hydrogen-bond donors (Lipinski definition) is 2. The van der Waals surface area contributed by atoms with Gasteiger partial charge in [0.25, 0.3) is 0 Å². The Labute approximate surface area is 99.8 Å². The third kappa shape index (κ3) is 2.87. The van der Waals surface area contributed by atoms with Gasteiger partial charge in [-0.3, -0.25) is 0 Å². The largest absolute Gasteiger partial charge is 0.478 e. The van der Waals surface area contributed by atoms with Crippen molar-refractivity contribution < 1.29 is 19.1 Å². The van der Waals surface area contributed by atoms with Crippen LogP contribution < -0.4 is 5.32 Å². The van der Waals surface area contributed by atoms with Crippen molar-refractivity contribution in [2.75, 3.05) is 13.2 Å². The molecule has 0 bridgehead atoms. The van der Waals surface area contributed by atoms with Gasteiger partial charge in [0.1, 0.15) is 11.3 Å². The molecule has 2 N–H and O–H groups in total. The normalized spacial score (nSPS) is 24.1. The lowest BCUT2D eigenvalue weighted by molar-refractivity contribution is 0.0694. The first-order valence-corrected chi connectivity index (χ1v) is 5.80. The van der Waals surface area contributed by atoms with Gasteiger partial charge in [0.05, 0.1) is 18.9 Å². The number of furan rings is 1. The van der Waals surface area contributed by atoms with E-state index in [-0.39, 0.29) is 11.7 Å². The SMILES string of the molecule is CC1OCCC1CNCc1occc1C(=O)O. The van der Waals surface area contributed by atoms with Gasteiger partial charge in [-0.1, -0.05) is 0 Å². The summed E-state index contributed by atoms with van der Waals surface area (Å²) in [5.41, 5.74) is 0.230. The van der Waals surface area contributed by atoms with E-state index >= 15 is 0 Å². The topological polar surface area (TPSA) is 71.7 Å². The molecule has 0 radical (unpaired) electrons. The van der Waals surface area contributed by atoms with Gasteiger partial charge in [-0.2, -0.15) is 0 Å². The van der Waals surface area contributed by atoms with Crippen LogP contribution in [0.4, 0.5) is 0 Å². The monoisotopic (exact) mass is 239 g/mol. The Morgan fingerprint density at radius 3 is 3.12 bits per heavy atom. The van der Waals surface area contributed by atoms with Crippen molar-refractivity contribution in [3.05, 3.63) is 23.7 Å². The van der Waals surface area contributed by atoms with E-state index < -0.39 is 5.97 Å². The molecule has 2 heterocycles. The summed E-state index contributed by atoms with van der Waals surface area (Å²) < 4.78 is 10.6. The minimum Gasteiger partial charge on any atom is -0.478 e. The van der Waals surface area contributed by atoms with Crippen molar-refractivity contribution in [1.29, 1.82) is 0 Å². The van der Waals surface area contributed by atoms with Crippen molar-refractivity contribution in [2.45, 2.75) is 26.0 Å². The van der Waals surface area contributed by atoms with Crippen LogP contribution in [-0.4, -0.2) is 30.3 Å². The smallest absolute Gasteiger partial charge is 0.339 e. The number of carboxylic acids is 1. The second kappa shape index (κ2) is 5.33. The standard InChI is InChI=1S/C12H17NO4/c1-8-9(2-4-16-8)6-13-7-11-10(12(14)15)3-5-17-11/h3,5,8-9,13H,2,4,6-7H2,1H3,(H,14,15). The van der Waals surface area contributed by atoms with Crippen LogP contribution in [0.2, 0.25) is 0 Å². The van der Waals surface area contributed by atoms with Crippen molar-refractivity contribution >= 4 is 5.97 Å². The molecule has 1 aromatic heterocycles. The van der Waals surface area contributed by atoms with Crippen LogP contribution in [0, 0.1) is 5.92 Å². The Morgan fingerprint density at radius 2 is 2.47 bits per heavy atom. The van der Waals surface area contributed by atoms with Crippen molar-refractivity contribution in [2.24, 2.45) is 5.92 Å². The quantitative estimate of drug-likeness (QED) is 0.814. The highest BCUT2D eigenvalue weighted by Gasteiger charge is 2.23. The average Bonchev–Trinajstić information content (AvgIpc) is 2.88. The molecule has 0 amide bonds. The Balaban J connectivity index is 1.81. The van der Waals surface area contributed by atoms with Gasteiger partial charge in [0, 0.05) is 13.2 Å². The van der Waals surface area contributed by atoms with E-state index in [0.29, 0.717) is 18.2 Å². The number of aromatic carboxylic acids is 1. The van der Waals surface area contributed by atoms with Gasteiger partial charge in [0.2, 0.25) is 0 Å². The highest BCUT2D eigenvalue weighted by Crippen LogP contribution is 2.19. The fourth-order valence-electron chi connectivity index (χ4n) is 2.08. The highest BCUT2D eigenvalue weighted by molar-refractivity contribution is 5.88. The Bertz CT molecular complexity index is 388. The van der Waals surface area contributed by atoms with E-state index in [9.17, 15) is 4.79 Å². The van der Waals surface area contributed by atoms with E-state index in [2.05, 4.69) is 12.2 Å². The van der Waals surface area contributed by atoms with E-state index in [1.807, 2.05) is 0 Å². The maximum absolute atomic E-state index is 10.8. The fourth-order valence-corrected chi connectivity index (χ4v) is 2.08.